The predicted molar refractivity (Wildman–Crippen MR) is 95.5 cm³/mol. The highest BCUT2D eigenvalue weighted by atomic mass is 15.3. The fourth-order valence-corrected chi connectivity index (χ4v) is 3.42. The van der Waals surface area contributed by atoms with Gasteiger partial charge in [-0.1, -0.05) is 51.5 Å². The van der Waals surface area contributed by atoms with Crippen molar-refractivity contribution in [2.45, 2.75) is 65.6 Å². The first-order valence-corrected chi connectivity index (χ1v) is 9.02. The van der Waals surface area contributed by atoms with Gasteiger partial charge in [-0.15, -0.1) is 0 Å². The maximum atomic E-state index is 4.89. The molecule has 3 nitrogen and oxygen atoms in total. The molecule has 0 fully saturated rings. The van der Waals surface area contributed by atoms with E-state index < -0.39 is 0 Å². The normalized spacial score (nSPS) is 15.1. The van der Waals surface area contributed by atoms with Gasteiger partial charge in [0.2, 0.25) is 0 Å². The van der Waals surface area contributed by atoms with E-state index >= 15 is 0 Å². The molecule has 1 aliphatic rings. The van der Waals surface area contributed by atoms with Crippen LogP contribution in [0.3, 0.4) is 0 Å². The van der Waals surface area contributed by atoms with Crippen molar-refractivity contribution in [3.8, 4) is 0 Å². The van der Waals surface area contributed by atoms with Crippen LogP contribution in [0.15, 0.2) is 30.5 Å². The molecular weight excluding hydrogens is 282 g/mol. The van der Waals surface area contributed by atoms with Gasteiger partial charge in [0.1, 0.15) is 0 Å². The predicted octanol–water partition coefficient (Wildman–Crippen LogP) is 4.36. The summed E-state index contributed by atoms with van der Waals surface area (Å²) in [6.45, 7) is 11.0. The van der Waals surface area contributed by atoms with Crippen molar-refractivity contribution in [1.29, 1.82) is 0 Å². The Hall–Kier alpha value is -1.61. The maximum Gasteiger partial charge on any atom is 0.0799 e. The lowest BCUT2D eigenvalue weighted by atomic mass is 9.99. The largest absolute Gasteiger partial charge is 0.293 e. The molecule has 0 unspecified atom stereocenters. The molecule has 124 valence electrons. The molecule has 0 radical (unpaired) electrons. The average Bonchev–Trinajstić information content (AvgIpc) is 2.96. The van der Waals surface area contributed by atoms with E-state index in [9.17, 15) is 0 Å². The van der Waals surface area contributed by atoms with Crippen LogP contribution in [-0.2, 0) is 26.1 Å². The molecular formula is C20H29N3. The summed E-state index contributed by atoms with van der Waals surface area (Å²) in [4.78, 5) is 2.54. The Morgan fingerprint density at radius 2 is 1.96 bits per heavy atom. The second-order valence-corrected chi connectivity index (χ2v) is 7.03. The fourth-order valence-electron chi connectivity index (χ4n) is 3.42. The first kappa shape index (κ1) is 16.3. The minimum atomic E-state index is 0.539. The zero-order valence-corrected chi connectivity index (χ0v) is 14.8. The molecule has 0 N–H and O–H groups in total. The summed E-state index contributed by atoms with van der Waals surface area (Å²) in [5.41, 5.74) is 5.69. The van der Waals surface area contributed by atoms with Gasteiger partial charge in [0.25, 0.3) is 0 Å². The molecule has 0 bridgehead atoms. The summed E-state index contributed by atoms with van der Waals surface area (Å²) < 4.78 is 2.16. The first-order chi connectivity index (χ1) is 11.2. The zero-order chi connectivity index (χ0) is 16.2. The number of nitrogens with zero attached hydrogens (tertiary/aromatic N) is 3. The lowest BCUT2D eigenvalue weighted by Crippen LogP contribution is -2.30. The number of hydrogen-bond donors (Lipinski definition) is 0. The molecule has 0 saturated carbocycles. The summed E-state index contributed by atoms with van der Waals surface area (Å²) in [5, 5.41) is 4.89. The van der Waals surface area contributed by atoms with E-state index in [1.54, 1.807) is 0 Å². The van der Waals surface area contributed by atoms with Crippen LogP contribution in [0.1, 0.15) is 61.9 Å². The standard InChI is InChI=1S/C20H29N3/c1-4-5-11-23-14-19(16(2)3)20(21-23)15-22-12-10-17-8-6-7-9-18(17)13-22/h6-9,14,16H,4-5,10-13,15H2,1-3H3. The molecule has 0 aliphatic carbocycles. The Morgan fingerprint density at radius 3 is 2.70 bits per heavy atom. The number of rotatable bonds is 6. The van der Waals surface area contributed by atoms with E-state index in [1.807, 2.05) is 0 Å². The van der Waals surface area contributed by atoms with E-state index in [4.69, 9.17) is 5.10 Å². The van der Waals surface area contributed by atoms with Crippen molar-refractivity contribution in [2.24, 2.45) is 0 Å². The highest BCUT2D eigenvalue weighted by Crippen LogP contribution is 2.24. The van der Waals surface area contributed by atoms with Gasteiger partial charge in [-0.25, -0.2) is 0 Å². The molecule has 2 heterocycles. The van der Waals surface area contributed by atoms with Gasteiger partial charge in [-0.2, -0.15) is 5.10 Å². The summed E-state index contributed by atoms with van der Waals surface area (Å²) in [6.07, 6.45) is 5.85. The Kier molecular flexibility index (Phi) is 5.16. The molecule has 3 rings (SSSR count). The SMILES string of the molecule is CCCCn1cc(C(C)C)c(CN2CCc3ccccc3C2)n1. The quantitative estimate of drug-likeness (QED) is 0.790. The van der Waals surface area contributed by atoms with Gasteiger partial charge in [0.05, 0.1) is 5.69 Å². The number of benzene rings is 1. The molecule has 1 aliphatic heterocycles. The lowest BCUT2D eigenvalue weighted by molar-refractivity contribution is 0.241. The number of fused-ring (bicyclic) bond motifs is 1. The summed E-state index contributed by atoms with van der Waals surface area (Å²) in [5.74, 6) is 0.539. The first-order valence-electron chi connectivity index (χ1n) is 9.02. The minimum absolute atomic E-state index is 0.539. The van der Waals surface area contributed by atoms with Crippen LogP contribution in [0.5, 0.6) is 0 Å². The highest BCUT2D eigenvalue weighted by molar-refractivity contribution is 5.29. The summed E-state index contributed by atoms with van der Waals surface area (Å²) in [7, 11) is 0. The average molecular weight is 311 g/mol. The Balaban J connectivity index is 1.73. The Labute approximate surface area is 140 Å². The Bertz CT molecular complexity index is 642. The van der Waals surface area contributed by atoms with Crippen LogP contribution in [0, 0.1) is 0 Å². The molecule has 1 aromatic heterocycles. The monoisotopic (exact) mass is 311 g/mol. The van der Waals surface area contributed by atoms with E-state index in [1.165, 1.54) is 35.2 Å². The van der Waals surface area contributed by atoms with Gasteiger partial charge in [0, 0.05) is 32.4 Å². The molecule has 3 heteroatoms. The third kappa shape index (κ3) is 3.84. The third-order valence-corrected chi connectivity index (χ3v) is 4.82. The topological polar surface area (TPSA) is 21.1 Å². The maximum absolute atomic E-state index is 4.89. The smallest absolute Gasteiger partial charge is 0.0799 e. The Morgan fingerprint density at radius 1 is 1.17 bits per heavy atom. The highest BCUT2D eigenvalue weighted by Gasteiger charge is 2.19. The molecule has 23 heavy (non-hydrogen) atoms. The second-order valence-electron chi connectivity index (χ2n) is 7.03. The molecule has 1 aromatic carbocycles. The molecule has 0 amide bonds. The van der Waals surface area contributed by atoms with Crippen LogP contribution < -0.4 is 0 Å². The number of unbranched alkanes of at least 4 members (excludes halogenated alkanes) is 1. The number of hydrogen-bond acceptors (Lipinski definition) is 2. The molecule has 2 aromatic rings. The lowest BCUT2D eigenvalue weighted by Gasteiger charge is -2.28. The van der Waals surface area contributed by atoms with Crippen molar-refractivity contribution < 1.29 is 0 Å². The van der Waals surface area contributed by atoms with Crippen molar-refractivity contribution in [3.05, 3.63) is 52.8 Å². The van der Waals surface area contributed by atoms with Crippen molar-refractivity contribution in [3.63, 3.8) is 0 Å². The summed E-state index contributed by atoms with van der Waals surface area (Å²) in [6, 6.07) is 8.85. The zero-order valence-electron chi connectivity index (χ0n) is 14.8. The number of aryl methyl sites for hydroxylation is 1. The van der Waals surface area contributed by atoms with E-state index in [0.717, 1.165) is 32.6 Å². The van der Waals surface area contributed by atoms with Crippen LogP contribution in [0.4, 0.5) is 0 Å². The van der Waals surface area contributed by atoms with Gasteiger partial charge in [0.15, 0.2) is 0 Å². The molecule has 0 atom stereocenters. The van der Waals surface area contributed by atoms with Crippen LogP contribution in [-0.4, -0.2) is 21.2 Å². The van der Waals surface area contributed by atoms with Crippen LogP contribution in [0.25, 0.3) is 0 Å². The molecule has 0 spiro atoms. The van der Waals surface area contributed by atoms with E-state index in [0.29, 0.717) is 5.92 Å². The van der Waals surface area contributed by atoms with Crippen LogP contribution >= 0.6 is 0 Å². The van der Waals surface area contributed by atoms with Crippen molar-refractivity contribution in [2.75, 3.05) is 6.54 Å². The minimum Gasteiger partial charge on any atom is -0.293 e. The van der Waals surface area contributed by atoms with E-state index in [2.05, 4.69) is 60.8 Å². The van der Waals surface area contributed by atoms with Gasteiger partial charge >= 0.3 is 0 Å². The van der Waals surface area contributed by atoms with Gasteiger partial charge in [-0.3, -0.25) is 9.58 Å². The van der Waals surface area contributed by atoms with Crippen LogP contribution in [0.2, 0.25) is 0 Å². The van der Waals surface area contributed by atoms with Gasteiger partial charge in [-0.05, 0) is 35.4 Å². The second kappa shape index (κ2) is 7.31. The van der Waals surface area contributed by atoms with Crippen molar-refractivity contribution in [1.82, 2.24) is 14.7 Å². The van der Waals surface area contributed by atoms with Crippen molar-refractivity contribution >= 4 is 0 Å². The fraction of sp³-hybridized carbons (Fsp3) is 0.550. The molecule has 0 saturated heterocycles. The number of aromatic nitrogens is 2. The third-order valence-electron chi connectivity index (χ3n) is 4.82. The summed E-state index contributed by atoms with van der Waals surface area (Å²) >= 11 is 0. The van der Waals surface area contributed by atoms with Gasteiger partial charge < -0.3 is 0 Å². The van der Waals surface area contributed by atoms with E-state index in [-0.39, 0.29) is 0 Å².